The molecule has 0 fully saturated rings. The quantitative estimate of drug-likeness (QED) is 0.672. The lowest BCUT2D eigenvalue weighted by Crippen LogP contribution is -2.05. The van der Waals surface area contributed by atoms with Crippen molar-refractivity contribution >= 4 is 11.6 Å². The van der Waals surface area contributed by atoms with Crippen molar-refractivity contribution < 1.29 is 27.4 Å². The molecule has 0 heterocycles. The lowest BCUT2D eigenvalue weighted by atomic mass is 10.0. The van der Waals surface area contributed by atoms with Crippen LogP contribution in [0.2, 0.25) is 5.02 Å². The molecule has 0 amide bonds. The van der Waals surface area contributed by atoms with Crippen LogP contribution in [-0.2, 0) is 0 Å². The molecule has 0 spiro atoms. The van der Waals surface area contributed by atoms with Crippen molar-refractivity contribution in [3.05, 3.63) is 64.2 Å². The van der Waals surface area contributed by atoms with Gasteiger partial charge in [0.25, 0.3) is 0 Å². The molecule has 0 bridgehead atoms. The first-order valence-electron chi connectivity index (χ1n) is 5.75. The van der Waals surface area contributed by atoms with Gasteiger partial charge in [-0.1, -0.05) is 23.7 Å². The highest BCUT2D eigenvalue weighted by Gasteiger charge is 2.18. The molecule has 2 nitrogen and oxygen atoms in total. The van der Waals surface area contributed by atoms with Gasteiger partial charge in [-0.15, -0.1) is 0 Å². The summed E-state index contributed by atoms with van der Waals surface area (Å²) < 4.78 is 54.7. The van der Waals surface area contributed by atoms with Crippen molar-refractivity contribution in [2.75, 3.05) is 0 Å². The van der Waals surface area contributed by atoms with Gasteiger partial charge in [0, 0.05) is 10.6 Å². The Morgan fingerprint density at radius 3 is 2.38 bits per heavy atom. The second kappa shape index (κ2) is 6.32. The van der Waals surface area contributed by atoms with E-state index in [-0.39, 0.29) is 21.9 Å². The van der Waals surface area contributed by atoms with Crippen molar-refractivity contribution in [1.82, 2.24) is 0 Å². The van der Waals surface area contributed by atoms with E-state index >= 15 is 0 Å². The van der Waals surface area contributed by atoms with Crippen molar-refractivity contribution in [3.8, 4) is 5.75 Å². The van der Waals surface area contributed by atoms with E-state index in [4.69, 9.17) is 11.6 Å². The Hall–Kier alpha value is -1.79. The number of aliphatic hydroxyl groups excluding tert-OH is 1. The first kappa shape index (κ1) is 15.6. The Morgan fingerprint density at radius 1 is 1.05 bits per heavy atom. The Morgan fingerprint density at radius 2 is 1.71 bits per heavy atom. The van der Waals surface area contributed by atoms with Crippen LogP contribution in [0.4, 0.5) is 17.6 Å². The summed E-state index contributed by atoms with van der Waals surface area (Å²) in [5, 5.41) is 9.95. The standard InChI is InChI=1S/C14H9ClF4O2/c15-10-6-12(17)11(16)5-9(10)13(20)7-2-1-3-8(4-7)21-14(18)19/h1-6,13-14,20H. The molecular formula is C14H9ClF4O2. The molecule has 112 valence electrons. The third kappa shape index (κ3) is 3.65. The lowest BCUT2D eigenvalue weighted by molar-refractivity contribution is -0.0499. The van der Waals surface area contributed by atoms with Gasteiger partial charge < -0.3 is 9.84 Å². The van der Waals surface area contributed by atoms with E-state index < -0.39 is 24.3 Å². The third-order valence-corrected chi connectivity index (χ3v) is 3.06. The zero-order chi connectivity index (χ0) is 15.6. The van der Waals surface area contributed by atoms with Crippen LogP contribution in [0.25, 0.3) is 0 Å². The van der Waals surface area contributed by atoms with Gasteiger partial charge in [-0.3, -0.25) is 0 Å². The highest BCUT2D eigenvalue weighted by atomic mass is 35.5. The van der Waals surface area contributed by atoms with E-state index in [1.165, 1.54) is 18.2 Å². The average Bonchev–Trinajstić information content (AvgIpc) is 2.41. The van der Waals surface area contributed by atoms with Crippen molar-refractivity contribution in [3.63, 3.8) is 0 Å². The summed E-state index contributed by atoms with van der Waals surface area (Å²) >= 11 is 5.75. The second-order valence-electron chi connectivity index (χ2n) is 4.14. The average molecular weight is 321 g/mol. The van der Waals surface area contributed by atoms with Crippen molar-refractivity contribution in [1.29, 1.82) is 0 Å². The molecule has 1 atom stereocenters. The molecule has 21 heavy (non-hydrogen) atoms. The Balaban J connectivity index is 2.36. The van der Waals surface area contributed by atoms with Crippen LogP contribution in [0.1, 0.15) is 17.2 Å². The van der Waals surface area contributed by atoms with E-state index in [1.807, 2.05) is 0 Å². The largest absolute Gasteiger partial charge is 0.435 e. The maximum absolute atomic E-state index is 13.2. The third-order valence-electron chi connectivity index (χ3n) is 2.73. The van der Waals surface area contributed by atoms with Gasteiger partial charge in [0.05, 0.1) is 0 Å². The molecule has 0 aliphatic carbocycles. The first-order valence-corrected chi connectivity index (χ1v) is 6.13. The molecule has 0 radical (unpaired) electrons. The van der Waals surface area contributed by atoms with Crippen molar-refractivity contribution in [2.45, 2.75) is 12.7 Å². The molecule has 1 N–H and O–H groups in total. The topological polar surface area (TPSA) is 29.5 Å². The van der Waals surface area contributed by atoms with Gasteiger partial charge in [0.15, 0.2) is 11.6 Å². The van der Waals surface area contributed by atoms with E-state index in [2.05, 4.69) is 4.74 Å². The fourth-order valence-electron chi connectivity index (χ4n) is 1.79. The predicted molar refractivity (Wildman–Crippen MR) is 68.5 cm³/mol. The minimum atomic E-state index is -3.01. The zero-order valence-electron chi connectivity index (χ0n) is 10.4. The summed E-state index contributed by atoms with van der Waals surface area (Å²) in [6, 6.07) is 6.71. The molecule has 1 unspecified atom stereocenters. The van der Waals surface area contributed by atoms with Gasteiger partial charge in [-0.2, -0.15) is 8.78 Å². The van der Waals surface area contributed by atoms with E-state index in [1.54, 1.807) is 0 Å². The van der Waals surface area contributed by atoms with Crippen LogP contribution >= 0.6 is 11.6 Å². The summed E-state index contributed by atoms with van der Waals surface area (Å²) in [6.07, 6.45) is -1.41. The predicted octanol–water partition coefficient (Wildman–Crippen LogP) is 4.30. The lowest BCUT2D eigenvalue weighted by Gasteiger charge is -2.15. The van der Waals surface area contributed by atoms with Crippen LogP contribution in [0.3, 0.4) is 0 Å². The van der Waals surface area contributed by atoms with Gasteiger partial charge in [0.1, 0.15) is 11.9 Å². The molecule has 0 aliphatic rings. The number of alkyl halides is 2. The van der Waals surface area contributed by atoms with E-state index in [9.17, 15) is 22.7 Å². The number of ether oxygens (including phenoxy) is 1. The molecule has 2 aromatic carbocycles. The molecule has 2 aromatic rings. The SMILES string of the molecule is OC(c1cccc(OC(F)F)c1)c1cc(F)c(F)cc1Cl. The van der Waals surface area contributed by atoms with Gasteiger partial charge in [-0.25, -0.2) is 8.78 Å². The normalized spacial score (nSPS) is 12.5. The summed E-state index contributed by atoms with van der Waals surface area (Å²) in [4.78, 5) is 0. The minimum Gasteiger partial charge on any atom is -0.435 e. The van der Waals surface area contributed by atoms with E-state index in [0.717, 1.165) is 18.2 Å². The van der Waals surface area contributed by atoms with Gasteiger partial charge in [0.2, 0.25) is 0 Å². The highest BCUT2D eigenvalue weighted by molar-refractivity contribution is 6.31. The van der Waals surface area contributed by atoms with Gasteiger partial charge in [-0.05, 0) is 29.8 Å². The highest BCUT2D eigenvalue weighted by Crippen LogP contribution is 2.31. The summed E-state index contributed by atoms with van der Waals surface area (Å²) in [5.41, 5.74) is 0.0748. The fraction of sp³-hybridized carbons (Fsp3) is 0.143. The second-order valence-corrected chi connectivity index (χ2v) is 4.55. The number of rotatable bonds is 4. The Kier molecular flexibility index (Phi) is 4.69. The van der Waals surface area contributed by atoms with Crippen LogP contribution in [0.5, 0.6) is 5.75 Å². The summed E-state index contributed by atoms with van der Waals surface area (Å²) in [5.74, 6) is -2.49. The summed E-state index contributed by atoms with van der Waals surface area (Å²) in [7, 11) is 0. The molecule has 7 heteroatoms. The number of hydrogen-bond acceptors (Lipinski definition) is 2. The van der Waals surface area contributed by atoms with Crippen LogP contribution < -0.4 is 4.74 Å². The number of hydrogen-bond donors (Lipinski definition) is 1. The maximum atomic E-state index is 13.2. The Bertz CT molecular complexity index is 649. The smallest absolute Gasteiger partial charge is 0.387 e. The fourth-order valence-corrected chi connectivity index (χ4v) is 2.04. The number of aliphatic hydroxyl groups is 1. The number of benzene rings is 2. The van der Waals surface area contributed by atoms with Crippen LogP contribution in [0, 0.1) is 11.6 Å². The molecule has 0 aromatic heterocycles. The van der Waals surface area contributed by atoms with Gasteiger partial charge >= 0.3 is 6.61 Å². The Labute approximate surface area is 122 Å². The first-order chi connectivity index (χ1) is 9.88. The number of halogens is 5. The monoisotopic (exact) mass is 320 g/mol. The van der Waals surface area contributed by atoms with Crippen LogP contribution in [0.15, 0.2) is 36.4 Å². The minimum absolute atomic E-state index is 0.0789. The molecular weight excluding hydrogens is 312 g/mol. The summed E-state index contributed by atoms with van der Waals surface area (Å²) in [6.45, 7) is -3.01. The van der Waals surface area contributed by atoms with Crippen LogP contribution in [-0.4, -0.2) is 11.7 Å². The van der Waals surface area contributed by atoms with Crippen molar-refractivity contribution in [2.24, 2.45) is 0 Å². The maximum Gasteiger partial charge on any atom is 0.387 e. The molecule has 0 saturated heterocycles. The molecule has 0 aliphatic heterocycles. The zero-order valence-corrected chi connectivity index (χ0v) is 11.1. The molecule has 0 saturated carbocycles. The van der Waals surface area contributed by atoms with E-state index in [0.29, 0.717) is 0 Å². The molecule has 2 rings (SSSR count).